The van der Waals surface area contributed by atoms with Gasteiger partial charge in [0.2, 0.25) is 0 Å². The van der Waals surface area contributed by atoms with E-state index in [1.165, 1.54) is 5.56 Å². The number of pyridine rings is 1. The minimum absolute atomic E-state index is 0.642. The molecule has 0 bridgehead atoms. The Morgan fingerprint density at radius 3 is 3.06 bits per heavy atom. The first-order chi connectivity index (χ1) is 8.85. The van der Waals surface area contributed by atoms with Gasteiger partial charge in [0, 0.05) is 11.1 Å². The second kappa shape index (κ2) is 4.46. The molecule has 1 aromatic carbocycles. The first-order valence-corrected chi connectivity index (χ1v) is 6.39. The Balaban J connectivity index is 2.31. The minimum atomic E-state index is 0.642. The highest BCUT2D eigenvalue weighted by atomic mass is 16.5. The molecule has 0 saturated carbocycles. The van der Waals surface area contributed by atoms with Gasteiger partial charge in [-0.1, -0.05) is 12.1 Å². The van der Waals surface area contributed by atoms with Gasteiger partial charge in [0.1, 0.15) is 11.3 Å². The zero-order chi connectivity index (χ0) is 12.5. The molecule has 0 spiro atoms. The quantitative estimate of drug-likeness (QED) is 0.642. The van der Waals surface area contributed by atoms with Gasteiger partial charge < -0.3 is 10.2 Å². The van der Waals surface area contributed by atoms with Crippen molar-refractivity contribution in [3.05, 3.63) is 29.5 Å². The maximum Gasteiger partial charge on any atom is 0.145 e. The fraction of sp³-hybridized carbons (Fsp3) is 0.357. The van der Waals surface area contributed by atoms with E-state index in [1.807, 2.05) is 25.1 Å². The molecular weight excluding hydrogens is 226 g/mol. The number of fused-ring (bicyclic) bond motifs is 2. The molecule has 3 N–H and O–H groups in total. The summed E-state index contributed by atoms with van der Waals surface area (Å²) in [6.07, 6.45) is 3.23. The number of anilines is 1. The number of nitrogens with zero attached hydrogens (tertiary/aromatic N) is 1. The molecule has 0 radical (unpaired) electrons. The van der Waals surface area contributed by atoms with E-state index in [4.69, 9.17) is 15.6 Å². The third-order valence-electron chi connectivity index (χ3n) is 3.45. The molecule has 0 fully saturated rings. The molecule has 3 rings (SSSR count). The summed E-state index contributed by atoms with van der Waals surface area (Å²) in [6, 6.07) is 5.98. The van der Waals surface area contributed by atoms with Crippen LogP contribution in [-0.2, 0) is 12.8 Å². The lowest BCUT2D eigenvalue weighted by molar-refractivity contribution is 0.343. The number of nitrogen functional groups attached to an aromatic ring is 1. The molecular formula is C14H17N3O. The molecule has 1 aromatic heterocycles. The van der Waals surface area contributed by atoms with Gasteiger partial charge in [-0.3, -0.25) is 5.84 Å². The van der Waals surface area contributed by atoms with Crippen molar-refractivity contribution in [3.63, 3.8) is 0 Å². The lowest BCUT2D eigenvalue weighted by Crippen LogP contribution is -2.11. The molecule has 94 valence electrons. The van der Waals surface area contributed by atoms with Crippen LogP contribution in [0.15, 0.2) is 18.2 Å². The Kier molecular flexibility index (Phi) is 2.80. The van der Waals surface area contributed by atoms with Crippen LogP contribution in [0.1, 0.15) is 24.6 Å². The van der Waals surface area contributed by atoms with Crippen molar-refractivity contribution in [2.24, 2.45) is 5.84 Å². The minimum Gasteiger partial charge on any atom is -0.492 e. The molecule has 0 aliphatic heterocycles. The van der Waals surface area contributed by atoms with Crippen molar-refractivity contribution in [2.45, 2.75) is 26.2 Å². The number of nitrogens with two attached hydrogens (primary N) is 1. The highest BCUT2D eigenvalue weighted by molar-refractivity contribution is 5.96. The first kappa shape index (κ1) is 11.3. The van der Waals surface area contributed by atoms with Crippen LogP contribution in [-0.4, -0.2) is 11.6 Å². The number of ether oxygens (including phenoxy) is 1. The SMILES string of the molecule is CCOc1cccc2c(NN)c3c(nc12)CCC3. The van der Waals surface area contributed by atoms with Crippen LogP contribution in [0.25, 0.3) is 10.9 Å². The van der Waals surface area contributed by atoms with Crippen molar-refractivity contribution in [1.82, 2.24) is 4.98 Å². The van der Waals surface area contributed by atoms with Crippen LogP contribution in [0.4, 0.5) is 5.69 Å². The van der Waals surface area contributed by atoms with Gasteiger partial charge in [0.25, 0.3) is 0 Å². The van der Waals surface area contributed by atoms with E-state index < -0.39 is 0 Å². The largest absolute Gasteiger partial charge is 0.492 e. The van der Waals surface area contributed by atoms with Gasteiger partial charge in [-0.05, 0) is 37.8 Å². The number of hydrogen-bond donors (Lipinski definition) is 2. The number of para-hydroxylation sites is 1. The monoisotopic (exact) mass is 243 g/mol. The van der Waals surface area contributed by atoms with Crippen LogP contribution >= 0.6 is 0 Å². The van der Waals surface area contributed by atoms with Crippen LogP contribution in [0.5, 0.6) is 5.75 Å². The summed E-state index contributed by atoms with van der Waals surface area (Å²) in [5, 5.41) is 1.05. The zero-order valence-corrected chi connectivity index (χ0v) is 10.5. The van der Waals surface area contributed by atoms with Crippen molar-refractivity contribution in [3.8, 4) is 5.75 Å². The van der Waals surface area contributed by atoms with Gasteiger partial charge in [-0.15, -0.1) is 0 Å². The molecule has 1 aliphatic carbocycles. The molecule has 0 atom stereocenters. The van der Waals surface area contributed by atoms with E-state index in [-0.39, 0.29) is 0 Å². The maximum atomic E-state index is 5.69. The van der Waals surface area contributed by atoms with Crippen LogP contribution in [0, 0.1) is 0 Å². The Morgan fingerprint density at radius 1 is 1.39 bits per heavy atom. The molecule has 18 heavy (non-hydrogen) atoms. The summed E-state index contributed by atoms with van der Waals surface area (Å²) in [4.78, 5) is 4.76. The van der Waals surface area contributed by atoms with Gasteiger partial charge in [0.15, 0.2) is 0 Å². The van der Waals surface area contributed by atoms with E-state index in [0.29, 0.717) is 6.61 Å². The van der Waals surface area contributed by atoms with Crippen molar-refractivity contribution < 1.29 is 4.74 Å². The standard InChI is InChI=1S/C14H17N3O/c1-2-18-12-8-4-6-10-13(17-15)9-5-3-7-11(9)16-14(10)12/h4,6,8H,2-3,5,7,15H2,1H3,(H,16,17). The summed E-state index contributed by atoms with van der Waals surface area (Å²) in [7, 11) is 0. The highest BCUT2D eigenvalue weighted by Crippen LogP contribution is 2.36. The van der Waals surface area contributed by atoms with Gasteiger partial charge in [-0.2, -0.15) is 0 Å². The van der Waals surface area contributed by atoms with Crippen LogP contribution in [0.3, 0.4) is 0 Å². The molecule has 4 heteroatoms. The Labute approximate surface area is 106 Å². The topological polar surface area (TPSA) is 60.2 Å². The summed E-state index contributed by atoms with van der Waals surface area (Å²) in [5.41, 5.74) is 7.18. The van der Waals surface area contributed by atoms with Crippen LogP contribution in [0.2, 0.25) is 0 Å². The van der Waals surface area contributed by atoms with Gasteiger partial charge >= 0.3 is 0 Å². The van der Waals surface area contributed by atoms with Crippen molar-refractivity contribution in [2.75, 3.05) is 12.0 Å². The summed E-state index contributed by atoms with van der Waals surface area (Å²) < 4.78 is 5.65. The van der Waals surface area contributed by atoms with E-state index in [2.05, 4.69) is 5.43 Å². The maximum absolute atomic E-state index is 5.69. The fourth-order valence-corrected chi connectivity index (χ4v) is 2.69. The Morgan fingerprint density at radius 2 is 2.28 bits per heavy atom. The molecule has 4 nitrogen and oxygen atoms in total. The number of nitrogens with one attached hydrogen (secondary N) is 1. The number of aryl methyl sites for hydroxylation is 1. The normalized spacial score (nSPS) is 13.7. The lowest BCUT2D eigenvalue weighted by Gasteiger charge is -2.14. The van der Waals surface area contributed by atoms with Crippen molar-refractivity contribution >= 4 is 16.6 Å². The first-order valence-electron chi connectivity index (χ1n) is 6.39. The number of hydrogen-bond acceptors (Lipinski definition) is 4. The average molecular weight is 243 g/mol. The van der Waals surface area contributed by atoms with Crippen molar-refractivity contribution in [1.29, 1.82) is 0 Å². The predicted molar refractivity (Wildman–Crippen MR) is 72.7 cm³/mol. The number of rotatable bonds is 3. The summed E-state index contributed by atoms with van der Waals surface area (Å²) in [6.45, 7) is 2.62. The average Bonchev–Trinajstić information content (AvgIpc) is 2.85. The molecule has 1 heterocycles. The second-order valence-electron chi connectivity index (χ2n) is 4.50. The molecule has 0 unspecified atom stereocenters. The van der Waals surface area contributed by atoms with E-state index in [0.717, 1.165) is 47.3 Å². The predicted octanol–water partition coefficient (Wildman–Crippen LogP) is 2.41. The molecule has 0 saturated heterocycles. The second-order valence-corrected chi connectivity index (χ2v) is 4.50. The van der Waals surface area contributed by atoms with E-state index >= 15 is 0 Å². The molecule has 1 aliphatic rings. The number of hydrazine groups is 1. The van der Waals surface area contributed by atoms with E-state index in [1.54, 1.807) is 0 Å². The number of aromatic nitrogens is 1. The van der Waals surface area contributed by atoms with Gasteiger partial charge in [-0.25, -0.2) is 4.98 Å². The van der Waals surface area contributed by atoms with E-state index in [9.17, 15) is 0 Å². The fourth-order valence-electron chi connectivity index (χ4n) is 2.69. The summed E-state index contributed by atoms with van der Waals surface area (Å²) >= 11 is 0. The third kappa shape index (κ3) is 1.61. The molecule has 2 aromatic rings. The molecule has 0 amide bonds. The number of benzene rings is 1. The lowest BCUT2D eigenvalue weighted by atomic mass is 10.1. The van der Waals surface area contributed by atoms with Crippen LogP contribution < -0.4 is 16.0 Å². The Bertz CT molecular complexity index is 595. The zero-order valence-electron chi connectivity index (χ0n) is 10.5. The summed E-state index contributed by atoms with van der Waals surface area (Å²) in [5.74, 6) is 6.53. The highest BCUT2D eigenvalue weighted by Gasteiger charge is 2.20. The smallest absolute Gasteiger partial charge is 0.145 e. The third-order valence-corrected chi connectivity index (χ3v) is 3.45. The Hall–Kier alpha value is -1.81. The van der Waals surface area contributed by atoms with Gasteiger partial charge in [0.05, 0.1) is 12.3 Å².